The van der Waals surface area contributed by atoms with Gasteiger partial charge in [0.25, 0.3) is 0 Å². The van der Waals surface area contributed by atoms with Crippen LogP contribution < -0.4 is 15.0 Å². The fourth-order valence-corrected chi connectivity index (χ4v) is 3.20. The van der Waals surface area contributed by atoms with Gasteiger partial charge in [-0.05, 0) is 48.1 Å². The highest BCUT2D eigenvalue weighted by Gasteiger charge is 2.21. The van der Waals surface area contributed by atoms with Gasteiger partial charge in [0.1, 0.15) is 12.3 Å². The molecule has 0 aliphatic heterocycles. The number of ether oxygens (including phenoxy) is 1. The molecule has 28 heavy (non-hydrogen) atoms. The van der Waals surface area contributed by atoms with E-state index in [0.717, 1.165) is 34.5 Å². The van der Waals surface area contributed by atoms with Gasteiger partial charge >= 0.3 is 0 Å². The number of benzene rings is 2. The number of rotatable bonds is 8. The first-order valence-corrected chi connectivity index (χ1v) is 9.60. The van der Waals surface area contributed by atoms with Crippen molar-refractivity contribution in [3.05, 3.63) is 59.2 Å². The minimum Gasteiger partial charge on any atom is -0.497 e. The zero-order chi connectivity index (χ0) is 20.7. The molecule has 1 N–H and O–H groups in total. The van der Waals surface area contributed by atoms with E-state index in [-0.39, 0.29) is 24.3 Å². The first kappa shape index (κ1) is 21.5. The van der Waals surface area contributed by atoms with Gasteiger partial charge in [-0.25, -0.2) is 0 Å². The zero-order valence-electron chi connectivity index (χ0n) is 17.4. The Kier molecular flexibility index (Phi) is 7.61. The molecule has 150 valence electrons. The lowest BCUT2D eigenvalue weighted by Crippen LogP contribution is -2.41. The van der Waals surface area contributed by atoms with Crippen molar-refractivity contribution < 1.29 is 14.3 Å². The lowest BCUT2D eigenvalue weighted by molar-refractivity contribution is -0.123. The summed E-state index contributed by atoms with van der Waals surface area (Å²) >= 11 is 0. The molecule has 5 nitrogen and oxygen atoms in total. The average Bonchev–Trinajstić information content (AvgIpc) is 2.66. The lowest BCUT2D eigenvalue weighted by Gasteiger charge is -2.27. The number of anilines is 1. The summed E-state index contributed by atoms with van der Waals surface area (Å²) in [4.78, 5) is 26.4. The van der Waals surface area contributed by atoms with E-state index < -0.39 is 0 Å². The van der Waals surface area contributed by atoms with Gasteiger partial charge in [-0.3, -0.25) is 9.59 Å². The predicted octanol–water partition coefficient (Wildman–Crippen LogP) is 3.84. The maximum Gasteiger partial charge on any atom is 0.240 e. The van der Waals surface area contributed by atoms with Gasteiger partial charge < -0.3 is 15.0 Å². The van der Waals surface area contributed by atoms with Crippen LogP contribution in [0.15, 0.2) is 42.5 Å². The number of para-hydroxylation sites is 1. The molecule has 0 saturated heterocycles. The second kappa shape index (κ2) is 9.93. The van der Waals surface area contributed by atoms with Crippen LogP contribution in [-0.2, 0) is 16.0 Å². The Bertz CT molecular complexity index is 813. The highest BCUT2D eigenvalue weighted by atomic mass is 16.5. The van der Waals surface area contributed by atoms with Gasteiger partial charge in [0.05, 0.1) is 12.8 Å². The Hall–Kier alpha value is -2.82. The van der Waals surface area contributed by atoms with Crippen molar-refractivity contribution >= 4 is 17.5 Å². The normalized spacial score (nSPS) is 10.6. The van der Waals surface area contributed by atoms with Crippen LogP contribution in [0, 0.1) is 6.92 Å². The van der Waals surface area contributed by atoms with Crippen LogP contribution in [0.2, 0.25) is 0 Å². The largest absolute Gasteiger partial charge is 0.497 e. The first-order valence-electron chi connectivity index (χ1n) is 9.60. The van der Waals surface area contributed by atoms with Gasteiger partial charge in [0, 0.05) is 13.5 Å². The Morgan fingerprint density at radius 1 is 1.11 bits per heavy atom. The Morgan fingerprint density at radius 3 is 2.36 bits per heavy atom. The summed E-state index contributed by atoms with van der Waals surface area (Å²) in [7, 11) is 1.63. The van der Waals surface area contributed by atoms with Gasteiger partial charge in [0.2, 0.25) is 11.8 Å². The molecule has 5 heteroatoms. The maximum atomic E-state index is 12.5. The molecule has 0 saturated carbocycles. The standard InChI is InChI=1S/C23H30N2O3/c1-16(2)21-8-6-7-17(3)23(21)25(18(4)26)15-22(27)24-14-13-19-9-11-20(28-5)12-10-19/h6-12,16H,13-15H2,1-5H3,(H,24,27). The number of amides is 2. The van der Waals surface area contributed by atoms with Gasteiger partial charge in [0.15, 0.2) is 0 Å². The second-order valence-electron chi connectivity index (χ2n) is 7.22. The summed E-state index contributed by atoms with van der Waals surface area (Å²) in [6.07, 6.45) is 0.720. The third-order valence-electron chi connectivity index (χ3n) is 4.74. The quantitative estimate of drug-likeness (QED) is 0.755. The number of methoxy groups -OCH3 is 1. The molecule has 0 spiro atoms. The predicted molar refractivity (Wildman–Crippen MR) is 113 cm³/mol. The molecule has 0 bridgehead atoms. The van der Waals surface area contributed by atoms with Crippen LogP contribution in [-0.4, -0.2) is 32.0 Å². The fourth-order valence-electron chi connectivity index (χ4n) is 3.20. The van der Waals surface area contributed by atoms with Crippen molar-refractivity contribution in [2.45, 2.75) is 40.0 Å². The number of nitrogens with zero attached hydrogens (tertiary/aromatic N) is 1. The summed E-state index contributed by atoms with van der Waals surface area (Å²) < 4.78 is 5.15. The highest BCUT2D eigenvalue weighted by molar-refractivity contribution is 5.98. The minimum absolute atomic E-state index is 0.0164. The first-order chi connectivity index (χ1) is 13.3. The number of carbonyl (C=O) groups is 2. The minimum atomic E-state index is -0.165. The van der Waals surface area contributed by atoms with Crippen molar-refractivity contribution in [2.75, 3.05) is 25.1 Å². The second-order valence-corrected chi connectivity index (χ2v) is 7.22. The topological polar surface area (TPSA) is 58.6 Å². The molecule has 2 aromatic rings. The van der Waals surface area contributed by atoms with E-state index in [1.165, 1.54) is 6.92 Å². The SMILES string of the molecule is COc1ccc(CCNC(=O)CN(C(C)=O)c2c(C)cccc2C(C)C)cc1. The zero-order valence-corrected chi connectivity index (χ0v) is 17.4. The molecule has 0 unspecified atom stereocenters. The van der Waals surface area contributed by atoms with Crippen molar-refractivity contribution in [1.29, 1.82) is 0 Å². The molecule has 0 aliphatic carbocycles. The molecule has 2 rings (SSSR count). The number of hydrogen-bond acceptors (Lipinski definition) is 3. The number of hydrogen-bond donors (Lipinski definition) is 1. The Labute approximate surface area is 167 Å². The monoisotopic (exact) mass is 382 g/mol. The summed E-state index contributed by atoms with van der Waals surface area (Å²) in [6, 6.07) is 13.7. The van der Waals surface area contributed by atoms with E-state index in [0.29, 0.717) is 6.54 Å². The fraction of sp³-hybridized carbons (Fsp3) is 0.391. The van der Waals surface area contributed by atoms with Crippen molar-refractivity contribution in [3.63, 3.8) is 0 Å². The van der Waals surface area contributed by atoms with Crippen molar-refractivity contribution in [1.82, 2.24) is 5.32 Å². The van der Waals surface area contributed by atoms with Crippen molar-refractivity contribution in [3.8, 4) is 5.75 Å². The van der Waals surface area contributed by atoms with E-state index in [2.05, 4.69) is 19.2 Å². The highest BCUT2D eigenvalue weighted by Crippen LogP contribution is 2.31. The summed E-state index contributed by atoms with van der Waals surface area (Å²) in [5, 5.41) is 2.92. The van der Waals surface area contributed by atoms with E-state index in [9.17, 15) is 9.59 Å². The smallest absolute Gasteiger partial charge is 0.240 e. The van der Waals surface area contributed by atoms with Gasteiger partial charge in [-0.2, -0.15) is 0 Å². The molecule has 0 fully saturated rings. The van der Waals surface area contributed by atoms with Gasteiger partial charge in [-0.1, -0.05) is 44.2 Å². The third-order valence-corrected chi connectivity index (χ3v) is 4.74. The molecule has 2 aromatic carbocycles. The number of nitrogens with one attached hydrogen (secondary N) is 1. The molecular weight excluding hydrogens is 352 g/mol. The van der Waals surface area contributed by atoms with Crippen molar-refractivity contribution in [2.24, 2.45) is 0 Å². The number of carbonyl (C=O) groups excluding carboxylic acids is 2. The molecule has 0 aliphatic rings. The van der Waals surface area contributed by atoms with Crippen LogP contribution in [0.5, 0.6) is 5.75 Å². The van der Waals surface area contributed by atoms with Gasteiger partial charge in [-0.15, -0.1) is 0 Å². The molecule has 0 radical (unpaired) electrons. The van der Waals surface area contributed by atoms with Crippen LogP contribution in [0.3, 0.4) is 0 Å². The van der Waals surface area contributed by atoms with Crippen LogP contribution >= 0.6 is 0 Å². The maximum absolute atomic E-state index is 12.5. The van der Waals surface area contributed by atoms with E-state index in [4.69, 9.17) is 4.74 Å². The molecular formula is C23H30N2O3. The summed E-state index contributed by atoms with van der Waals surface area (Å²) in [6.45, 7) is 8.18. The molecule has 0 aromatic heterocycles. The molecule has 0 heterocycles. The van der Waals surface area contributed by atoms with Crippen LogP contribution in [0.1, 0.15) is 43.4 Å². The number of aryl methyl sites for hydroxylation is 1. The van der Waals surface area contributed by atoms with E-state index >= 15 is 0 Å². The van der Waals surface area contributed by atoms with Crippen LogP contribution in [0.25, 0.3) is 0 Å². The third kappa shape index (κ3) is 5.59. The summed E-state index contributed by atoms with van der Waals surface area (Å²) in [5.41, 5.74) is 4.02. The Morgan fingerprint density at radius 2 is 1.79 bits per heavy atom. The lowest BCUT2D eigenvalue weighted by atomic mass is 9.97. The molecule has 2 amide bonds. The van der Waals surface area contributed by atoms with E-state index in [1.807, 2.05) is 49.4 Å². The van der Waals surface area contributed by atoms with E-state index in [1.54, 1.807) is 12.0 Å². The average molecular weight is 383 g/mol. The summed E-state index contributed by atoms with van der Waals surface area (Å²) in [5.74, 6) is 0.766. The van der Waals surface area contributed by atoms with Crippen LogP contribution in [0.4, 0.5) is 5.69 Å². The Balaban J connectivity index is 2.02. The molecule has 0 atom stereocenters.